The number of hydrogen-bond acceptors (Lipinski definition) is 5. The molecule has 0 saturated carbocycles. The van der Waals surface area contributed by atoms with Crippen molar-refractivity contribution in [1.82, 2.24) is 15.7 Å². The van der Waals surface area contributed by atoms with Gasteiger partial charge in [-0.3, -0.25) is 4.79 Å². The van der Waals surface area contributed by atoms with Gasteiger partial charge in [0, 0.05) is 13.1 Å². The molecule has 1 aromatic rings. The van der Waals surface area contributed by atoms with Crippen LogP contribution in [0.3, 0.4) is 0 Å². The van der Waals surface area contributed by atoms with Crippen LogP contribution in [0.4, 0.5) is 4.79 Å². The zero-order valence-corrected chi connectivity index (χ0v) is 18.0. The first-order valence-electron chi connectivity index (χ1n) is 10.4. The SMILES string of the molecule is C[C@@H](NC(=O)C(O)[C@H](CCC(C)(C)C)NC(=O)ON1CCCC1)c1ccccc1. The zero-order valence-electron chi connectivity index (χ0n) is 18.0. The lowest BCUT2D eigenvalue weighted by Gasteiger charge is -2.28. The maximum absolute atomic E-state index is 12.7. The first kappa shape index (κ1) is 23.2. The fraction of sp³-hybridized carbons (Fsp3) is 0.636. The van der Waals surface area contributed by atoms with Gasteiger partial charge in [-0.15, -0.1) is 5.06 Å². The summed E-state index contributed by atoms with van der Waals surface area (Å²) in [5, 5.41) is 17.8. The van der Waals surface area contributed by atoms with Crippen molar-refractivity contribution in [1.29, 1.82) is 0 Å². The van der Waals surface area contributed by atoms with E-state index in [1.807, 2.05) is 37.3 Å². The van der Waals surface area contributed by atoms with Gasteiger partial charge >= 0.3 is 6.09 Å². The highest BCUT2D eigenvalue weighted by Crippen LogP contribution is 2.23. The number of aliphatic hydroxyl groups is 1. The van der Waals surface area contributed by atoms with Crippen LogP contribution in [-0.2, 0) is 9.63 Å². The van der Waals surface area contributed by atoms with Gasteiger partial charge in [0.25, 0.3) is 5.91 Å². The molecule has 0 bridgehead atoms. The summed E-state index contributed by atoms with van der Waals surface area (Å²) in [6, 6.07) is 8.56. The number of hydroxylamine groups is 2. The van der Waals surface area contributed by atoms with E-state index in [0.717, 1.165) is 24.8 Å². The van der Waals surface area contributed by atoms with Crippen molar-refractivity contribution in [3.63, 3.8) is 0 Å². The second kappa shape index (κ2) is 10.6. The molecule has 1 aliphatic heterocycles. The van der Waals surface area contributed by atoms with E-state index in [9.17, 15) is 14.7 Å². The second-order valence-corrected chi connectivity index (χ2v) is 8.95. The molecule has 1 aliphatic rings. The van der Waals surface area contributed by atoms with E-state index in [2.05, 4.69) is 31.4 Å². The molecule has 162 valence electrons. The fourth-order valence-corrected chi connectivity index (χ4v) is 3.28. The van der Waals surface area contributed by atoms with E-state index in [-0.39, 0.29) is 11.5 Å². The third kappa shape index (κ3) is 8.03. The zero-order chi connectivity index (χ0) is 21.4. The van der Waals surface area contributed by atoms with Gasteiger partial charge in [-0.1, -0.05) is 51.1 Å². The lowest BCUT2D eigenvalue weighted by atomic mass is 9.87. The lowest BCUT2D eigenvalue weighted by molar-refractivity contribution is -0.132. The number of rotatable bonds is 8. The standard InChI is InChI=1S/C22H35N3O4/c1-16(17-10-6-5-7-11-17)23-20(27)19(26)18(12-13-22(2,3)4)24-21(28)29-25-14-8-9-15-25/h5-7,10-11,16,18-19,26H,8-9,12-15H2,1-4H3,(H,23,27)(H,24,28)/t16-,18+,19?/m1/s1. The van der Waals surface area contributed by atoms with Gasteiger partial charge in [0.2, 0.25) is 0 Å². The summed E-state index contributed by atoms with van der Waals surface area (Å²) in [6.45, 7) is 9.51. The van der Waals surface area contributed by atoms with Crippen LogP contribution in [0.2, 0.25) is 0 Å². The normalized spacial score (nSPS) is 18.0. The molecule has 2 amide bonds. The topological polar surface area (TPSA) is 90.9 Å². The molecule has 0 radical (unpaired) electrons. The minimum absolute atomic E-state index is 0.00626. The van der Waals surface area contributed by atoms with Gasteiger partial charge in [0.1, 0.15) is 0 Å². The Morgan fingerprint density at radius 2 is 1.76 bits per heavy atom. The first-order chi connectivity index (χ1) is 13.7. The smallest absolute Gasteiger partial charge is 0.381 e. The van der Waals surface area contributed by atoms with Crippen LogP contribution in [0, 0.1) is 5.41 Å². The number of amides is 2. The average Bonchev–Trinajstić information content (AvgIpc) is 3.17. The molecule has 0 spiro atoms. The summed E-state index contributed by atoms with van der Waals surface area (Å²) in [4.78, 5) is 30.2. The Morgan fingerprint density at radius 3 is 2.34 bits per heavy atom. The van der Waals surface area contributed by atoms with E-state index in [4.69, 9.17) is 4.84 Å². The molecule has 1 fully saturated rings. The number of hydrogen-bond donors (Lipinski definition) is 3. The van der Waals surface area contributed by atoms with Crippen molar-refractivity contribution in [2.75, 3.05) is 13.1 Å². The van der Waals surface area contributed by atoms with E-state index >= 15 is 0 Å². The fourth-order valence-electron chi connectivity index (χ4n) is 3.28. The van der Waals surface area contributed by atoms with Crippen LogP contribution < -0.4 is 10.6 Å². The number of carbonyl (C=O) groups is 2. The molecule has 0 aliphatic carbocycles. The summed E-state index contributed by atoms with van der Waals surface area (Å²) in [7, 11) is 0. The number of benzene rings is 1. The average molecular weight is 406 g/mol. The van der Waals surface area contributed by atoms with Crippen LogP contribution in [0.1, 0.15) is 65.0 Å². The maximum Gasteiger partial charge on any atom is 0.426 e. The van der Waals surface area contributed by atoms with Gasteiger partial charge in [-0.05, 0) is 43.6 Å². The van der Waals surface area contributed by atoms with Crippen molar-refractivity contribution >= 4 is 12.0 Å². The van der Waals surface area contributed by atoms with Crippen LogP contribution in [0.25, 0.3) is 0 Å². The van der Waals surface area contributed by atoms with E-state index < -0.39 is 24.1 Å². The van der Waals surface area contributed by atoms with Crippen LogP contribution in [-0.4, -0.2) is 47.4 Å². The van der Waals surface area contributed by atoms with Gasteiger partial charge in [0.15, 0.2) is 6.10 Å². The molecule has 1 saturated heterocycles. The number of aliphatic hydroxyl groups excluding tert-OH is 1. The van der Waals surface area contributed by atoms with Gasteiger partial charge < -0.3 is 20.6 Å². The van der Waals surface area contributed by atoms with Crippen LogP contribution >= 0.6 is 0 Å². The van der Waals surface area contributed by atoms with Crippen molar-refractivity contribution in [2.45, 2.75) is 71.6 Å². The maximum atomic E-state index is 12.7. The lowest BCUT2D eigenvalue weighted by Crippen LogP contribution is -2.52. The molecule has 1 unspecified atom stereocenters. The van der Waals surface area contributed by atoms with Crippen LogP contribution in [0.15, 0.2) is 30.3 Å². The molecule has 29 heavy (non-hydrogen) atoms. The summed E-state index contributed by atoms with van der Waals surface area (Å²) in [5.74, 6) is -0.512. The Morgan fingerprint density at radius 1 is 1.14 bits per heavy atom. The quantitative estimate of drug-likeness (QED) is 0.618. The van der Waals surface area contributed by atoms with Crippen molar-refractivity contribution < 1.29 is 19.5 Å². The second-order valence-electron chi connectivity index (χ2n) is 8.95. The van der Waals surface area contributed by atoms with Gasteiger partial charge in [0.05, 0.1) is 12.1 Å². The predicted molar refractivity (Wildman–Crippen MR) is 112 cm³/mol. The highest BCUT2D eigenvalue weighted by molar-refractivity contribution is 5.82. The summed E-state index contributed by atoms with van der Waals surface area (Å²) in [6.07, 6.45) is 1.18. The molecule has 7 heteroatoms. The molecular formula is C22H35N3O4. The number of nitrogens with one attached hydrogen (secondary N) is 2. The number of nitrogens with zero attached hydrogens (tertiary/aromatic N) is 1. The monoisotopic (exact) mass is 405 g/mol. The molecule has 1 aromatic carbocycles. The first-order valence-corrected chi connectivity index (χ1v) is 10.4. The molecule has 1 heterocycles. The van der Waals surface area contributed by atoms with E-state index in [1.165, 1.54) is 0 Å². The van der Waals surface area contributed by atoms with Gasteiger partial charge in [-0.2, -0.15) is 0 Å². The van der Waals surface area contributed by atoms with E-state index in [0.29, 0.717) is 19.5 Å². The molecule has 3 N–H and O–H groups in total. The highest BCUT2D eigenvalue weighted by atomic mass is 16.7. The Balaban J connectivity index is 1.98. The summed E-state index contributed by atoms with van der Waals surface area (Å²) < 4.78 is 0. The van der Waals surface area contributed by atoms with Crippen molar-refractivity contribution in [2.24, 2.45) is 5.41 Å². The van der Waals surface area contributed by atoms with Gasteiger partial charge in [-0.25, -0.2) is 4.79 Å². The van der Waals surface area contributed by atoms with Crippen LogP contribution in [0.5, 0.6) is 0 Å². The van der Waals surface area contributed by atoms with Crippen molar-refractivity contribution in [3.8, 4) is 0 Å². The predicted octanol–water partition coefficient (Wildman–Crippen LogP) is 3.16. The Labute approximate surface area is 173 Å². The number of carbonyl (C=O) groups excluding carboxylic acids is 2. The van der Waals surface area contributed by atoms with Crippen molar-refractivity contribution in [3.05, 3.63) is 35.9 Å². The van der Waals surface area contributed by atoms with E-state index in [1.54, 1.807) is 5.06 Å². The largest absolute Gasteiger partial charge is 0.426 e. The Hall–Kier alpha value is -2.12. The summed E-state index contributed by atoms with van der Waals surface area (Å²) in [5.41, 5.74) is 0.951. The third-order valence-electron chi connectivity index (χ3n) is 5.09. The third-order valence-corrected chi connectivity index (χ3v) is 5.09. The molecule has 0 aromatic heterocycles. The Kier molecular flexibility index (Phi) is 8.46. The Bertz CT molecular complexity index is 654. The minimum atomic E-state index is -1.37. The molecule has 3 atom stereocenters. The molecular weight excluding hydrogens is 370 g/mol. The minimum Gasteiger partial charge on any atom is -0.381 e. The highest BCUT2D eigenvalue weighted by Gasteiger charge is 2.31. The molecule has 7 nitrogen and oxygen atoms in total. The molecule has 2 rings (SSSR count). The summed E-state index contributed by atoms with van der Waals surface area (Å²) >= 11 is 0.